The third-order valence-corrected chi connectivity index (χ3v) is 5.93. The Morgan fingerprint density at radius 3 is 2.37 bits per heavy atom. The molecule has 1 aliphatic carbocycles. The third-order valence-electron chi connectivity index (χ3n) is 5.93. The highest BCUT2D eigenvalue weighted by Gasteiger charge is 2.22. The quantitative estimate of drug-likeness (QED) is 0.363. The van der Waals surface area contributed by atoms with Crippen molar-refractivity contribution < 1.29 is 9.47 Å². The zero-order chi connectivity index (χ0) is 20.3. The van der Waals surface area contributed by atoms with Crippen LogP contribution in [-0.4, -0.2) is 16.7 Å². The van der Waals surface area contributed by atoms with Crippen molar-refractivity contribution in [3.05, 3.63) is 72.8 Å². The monoisotopic (exact) mass is 398 g/mol. The molecule has 5 rings (SSSR count). The summed E-state index contributed by atoms with van der Waals surface area (Å²) in [4.78, 5) is 5.00. The lowest BCUT2D eigenvalue weighted by Gasteiger charge is -2.25. The van der Waals surface area contributed by atoms with Crippen molar-refractivity contribution in [1.82, 2.24) is 9.55 Å². The minimum Gasteiger partial charge on any atom is -0.497 e. The van der Waals surface area contributed by atoms with Crippen LogP contribution in [0.2, 0.25) is 0 Å². The summed E-state index contributed by atoms with van der Waals surface area (Å²) in [5, 5.41) is 0. The summed E-state index contributed by atoms with van der Waals surface area (Å²) >= 11 is 0. The molecular weight excluding hydrogens is 372 g/mol. The van der Waals surface area contributed by atoms with Gasteiger partial charge < -0.3 is 14.0 Å². The van der Waals surface area contributed by atoms with Gasteiger partial charge in [-0.3, -0.25) is 0 Å². The van der Waals surface area contributed by atoms with Gasteiger partial charge >= 0.3 is 0 Å². The Labute approximate surface area is 177 Å². The van der Waals surface area contributed by atoms with E-state index >= 15 is 0 Å². The molecule has 0 bridgehead atoms. The Balaban J connectivity index is 1.48. The fourth-order valence-corrected chi connectivity index (χ4v) is 4.43. The van der Waals surface area contributed by atoms with Gasteiger partial charge in [0.25, 0.3) is 0 Å². The van der Waals surface area contributed by atoms with Gasteiger partial charge in [-0.05, 0) is 61.4 Å². The van der Waals surface area contributed by atoms with Gasteiger partial charge in [0.05, 0.1) is 18.1 Å². The molecule has 0 unspecified atom stereocenters. The van der Waals surface area contributed by atoms with Crippen molar-refractivity contribution >= 4 is 11.0 Å². The Kier molecular flexibility index (Phi) is 5.14. The normalized spacial score (nSPS) is 14.7. The van der Waals surface area contributed by atoms with E-state index in [1.807, 2.05) is 36.4 Å². The summed E-state index contributed by atoms with van der Waals surface area (Å²) in [6, 6.07) is 24.9. The van der Waals surface area contributed by atoms with Crippen LogP contribution in [0.1, 0.15) is 38.1 Å². The Hall–Kier alpha value is -3.27. The molecule has 4 nitrogen and oxygen atoms in total. The first-order valence-corrected chi connectivity index (χ1v) is 10.7. The van der Waals surface area contributed by atoms with Crippen LogP contribution in [0.15, 0.2) is 72.8 Å². The first kappa shape index (κ1) is 18.7. The minimum absolute atomic E-state index is 0.522. The van der Waals surface area contributed by atoms with Gasteiger partial charge in [-0.15, -0.1) is 0 Å². The second-order valence-electron chi connectivity index (χ2n) is 7.89. The van der Waals surface area contributed by atoms with Crippen LogP contribution >= 0.6 is 0 Å². The van der Waals surface area contributed by atoms with E-state index in [2.05, 4.69) is 41.0 Å². The van der Waals surface area contributed by atoms with Crippen molar-refractivity contribution in [2.24, 2.45) is 0 Å². The number of nitrogens with zero attached hydrogens (tertiary/aromatic N) is 2. The minimum atomic E-state index is 0.522. The predicted molar refractivity (Wildman–Crippen MR) is 120 cm³/mol. The van der Waals surface area contributed by atoms with Crippen LogP contribution in [-0.2, 0) is 0 Å². The van der Waals surface area contributed by atoms with Crippen LogP contribution in [0, 0.1) is 0 Å². The standard InChI is InChI=1S/C26H26N2O2/c1-29-22-10-7-11-23(18-22)30-21-16-14-19(15-17-21)26-27-24-12-5-6-13-25(24)28(26)20-8-3-2-4-9-20/h5-7,10-18,20H,2-4,8-9H2,1H3. The lowest BCUT2D eigenvalue weighted by Crippen LogP contribution is -2.13. The molecule has 1 aromatic heterocycles. The molecule has 1 heterocycles. The highest BCUT2D eigenvalue weighted by molar-refractivity contribution is 5.81. The van der Waals surface area contributed by atoms with Gasteiger partial charge in [0, 0.05) is 17.7 Å². The van der Waals surface area contributed by atoms with E-state index in [0.717, 1.165) is 34.2 Å². The molecule has 0 amide bonds. The zero-order valence-corrected chi connectivity index (χ0v) is 17.3. The molecule has 0 radical (unpaired) electrons. The molecule has 1 saturated carbocycles. The SMILES string of the molecule is COc1cccc(Oc2ccc(-c3nc4ccccc4n3C3CCCCC3)cc2)c1. The number of hydrogen-bond donors (Lipinski definition) is 0. The van der Waals surface area contributed by atoms with E-state index in [4.69, 9.17) is 14.5 Å². The van der Waals surface area contributed by atoms with Crippen LogP contribution in [0.25, 0.3) is 22.4 Å². The van der Waals surface area contributed by atoms with E-state index in [9.17, 15) is 0 Å². The molecule has 4 aromatic rings. The number of rotatable bonds is 5. The maximum Gasteiger partial charge on any atom is 0.141 e. The van der Waals surface area contributed by atoms with Crippen molar-refractivity contribution in [3.63, 3.8) is 0 Å². The molecule has 1 fully saturated rings. The van der Waals surface area contributed by atoms with Crippen LogP contribution < -0.4 is 9.47 Å². The number of benzene rings is 3. The largest absolute Gasteiger partial charge is 0.497 e. The highest BCUT2D eigenvalue weighted by atomic mass is 16.5. The zero-order valence-electron chi connectivity index (χ0n) is 17.3. The summed E-state index contributed by atoms with van der Waals surface area (Å²) in [5.74, 6) is 3.39. The number of para-hydroxylation sites is 2. The van der Waals surface area contributed by atoms with E-state index in [1.54, 1.807) is 7.11 Å². The molecule has 1 aliphatic rings. The Bertz CT molecular complexity index is 1140. The van der Waals surface area contributed by atoms with Gasteiger partial charge in [0.1, 0.15) is 23.1 Å². The predicted octanol–water partition coefficient (Wildman–Crippen LogP) is 7.01. The number of fused-ring (bicyclic) bond motifs is 1. The molecule has 0 N–H and O–H groups in total. The smallest absolute Gasteiger partial charge is 0.141 e. The van der Waals surface area contributed by atoms with Gasteiger partial charge in [-0.1, -0.05) is 37.5 Å². The summed E-state index contributed by atoms with van der Waals surface area (Å²) < 4.78 is 13.8. The van der Waals surface area contributed by atoms with Gasteiger partial charge in [-0.2, -0.15) is 0 Å². The van der Waals surface area contributed by atoms with Gasteiger partial charge in [0.15, 0.2) is 0 Å². The van der Waals surface area contributed by atoms with Gasteiger partial charge in [0.2, 0.25) is 0 Å². The number of aromatic nitrogens is 2. The topological polar surface area (TPSA) is 36.3 Å². The first-order chi connectivity index (χ1) is 14.8. The first-order valence-electron chi connectivity index (χ1n) is 10.7. The Morgan fingerprint density at radius 2 is 1.57 bits per heavy atom. The maximum atomic E-state index is 6.01. The molecule has 30 heavy (non-hydrogen) atoms. The summed E-state index contributed by atoms with van der Waals surface area (Å²) in [6.07, 6.45) is 6.39. The molecular formula is C26H26N2O2. The van der Waals surface area contributed by atoms with E-state index in [-0.39, 0.29) is 0 Å². The second-order valence-corrected chi connectivity index (χ2v) is 7.89. The molecule has 4 heteroatoms. The number of ether oxygens (including phenoxy) is 2. The molecule has 0 aliphatic heterocycles. The molecule has 0 saturated heterocycles. The van der Waals surface area contributed by atoms with E-state index in [1.165, 1.54) is 37.6 Å². The van der Waals surface area contributed by atoms with Crippen LogP contribution in [0.3, 0.4) is 0 Å². The summed E-state index contributed by atoms with van der Waals surface area (Å²) in [5.41, 5.74) is 3.42. The van der Waals surface area contributed by atoms with Crippen molar-refractivity contribution in [1.29, 1.82) is 0 Å². The summed E-state index contributed by atoms with van der Waals surface area (Å²) in [7, 11) is 1.66. The lowest BCUT2D eigenvalue weighted by atomic mass is 9.95. The van der Waals surface area contributed by atoms with Crippen molar-refractivity contribution in [3.8, 4) is 28.6 Å². The third kappa shape index (κ3) is 3.65. The highest BCUT2D eigenvalue weighted by Crippen LogP contribution is 2.36. The average molecular weight is 399 g/mol. The Morgan fingerprint density at radius 1 is 0.800 bits per heavy atom. The molecule has 0 spiro atoms. The van der Waals surface area contributed by atoms with Crippen molar-refractivity contribution in [2.75, 3.05) is 7.11 Å². The van der Waals surface area contributed by atoms with Gasteiger partial charge in [-0.25, -0.2) is 4.98 Å². The summed E-state index contributed by atoms with van der Waals surface area (Å²) in [6.45, 7) is 0. The van der Waals surface area contributed by atoms with E-state index < -0.39 is 0 Å². The van der Waals surface area contributed by atoms with Crippen LogP contribution in [0.5, 0.6) is 17.2 Å². The molecule has 152 valence electrons. The van der Waals surface area contributed by atoms with E-state index in [0.29, 0.717) is 6.04 Å². The molecule has 0 atom stereocenters. The number of methoxy groups -OCH3 is 1. The second kappa shape index (κ2) is 8.23. The number of hydrogen-bond acceptors (Lipinski definition) is 3. The fourth-order valence-electron chi connectivity index (χ4n) is 4.43. The maximum absolute atomic E-state index is 6.01. The van der Waals surface area contributed by atoms with Crippen molar-refractivity contribution in [2.45, 2.75) is 38.1 Å². The lowest BCUT2D eigenvalue weighted by molar-refractivity contribution is 0.362. The fraction of sp³-hybridized carbons (Fsp3) is 0.269. The average Bonchev–Trinajstić information content (AvgIpc) is 3.20. The number of imidazole rings is 1. The van der Waals surface area contributed by atoms with Crippen LogP contribution in [0.4, 0.5) is 0 Å². The molecule has 3 aromatic carbocycles.